The first-order valence-corrected chi connectivity index (χ1v) is 14.0. The smallest absolute Gasteiger partial charge is 0.143 e. The van der Waals surface area contributed by atoms with Gasteiger partial charge in [0.15, 0.2) is 0 Å². The van der Waals surface area contributed by atoms with Crippen molar-refractivity contribution in [1.82, 2.24) is 0 Å². The van der Waals surface area contributed by atoms with Crippen LogP contribution in [-0.2, 0) is 0 Å². The first-order valence-electron chi connectivity index (χ1n) is 14.0. The molecule has 0 N–H and O–H groups in total. The van der Waals surface area contributed by atoms with E-state index in [1.54, 1.807) is 18.2 Å². The van der Waals surface area contributed by atoms with Gasteiger partial charge >= 0.3 is 0 Å². The molecule has 0 amide bonds. The summed E-state index contributed by atoms with van der Waals surface area (Å²) >= 11 is 0. The van der Waals surface area contributed by atoms with Crippen molar-refractivity contribution in [3.05, 3.63) is 132 Å². The molecule has 2 aromatic heterocycles. The Morgan fingerprint density at radius 2 is 0.909 bits per heavy atom. The Labute approximate surface area is 251 Å². The van der Waals surface area contributed by atoms with Crippen LogP contribution in [0.15, 0.2) is 124 Å². The van der Waals surface area contributed by atoms with Gasteiger partial charge in [0, 0.05) is 43.8 Å². The number of fused-ring (bicyclic) bond motifs is 6. The molecule has 0 saturated heterocycles. The quantitative estimate of drug-likeness (QED) is 0.214. The Morgan fingerprint density at radius 3 is 1.50 bits per heavy atom. The van der Waals surface area contributed by atoms with Crippen molar-refractivity contribution in [1.29, 1.82) is 15.8 Å². The van der Waals surface area contributed by atoms with Gasteiger partial charge in [0.2, 0.25) is 0 Å². The third-order valence-electron chi connectivity index (χ3n) is 8.16. The third-order valence-corrected chi connectivity index (χ3v) is 8.16. The highest BCUT2D eigenvalue weighted by Crippen LogP contribution is 2.44. The van der Waals surface area contributed by atoms with Gasteiger partial charge < -0.3 is 8.83 Å². The van der Waals surface area contributed by atoms with Crippen LogP contribution in [0.5, 0.6) is 0 Å². The fourth-order valence-electron chi connectivity index (χ4n) is 6.20. The van der Waals surface area contributed by atoms with Crippen LogP contribution in [-0.4, -0.2) is 0 Å². The number of nitrogens with zero attached hydrogens (tertiary/aromatic N) is 3. The number of furan rings is 2. The van der Waals surface area contributed by atoms with E-state index in [9.17, 15) is 15.8 Å². The summed E-state index contributed by atoms with van der Waals surface area (Å²) in [6.45, 7) is 0. The molecule has 2 heterocycles. The normalized spacial score (nSPS) is 11.1. The molecule has 44 heavy (non-hydrogen) atoms. The van der Waals surface area contributed by atoms with Crippen LogP contribution in [0.3, 0.4) is 0 Å². The minimum Gasteiger partial charge on any atom is -0.455 e. The van der Waals surface area contributed by atoms with Gasteiger partial charge in [-0.2, -0.15) is 15.8 Å². The predicted octanol–water partition coefficient (Wildman–Crippen LogP) is 10.1. The molecule has 0 radical (unpaired) electrons. The zero-order chi connectivity index (χ0) is 29.8. The summed E-state index contributed by atoms with van der Waals surface area (Å²) in [6.07, 6.45) is 0. The Morgan fingerprint density at radius 1 is 0.409 bits per heavy atom. The van der Waals surface area contributed by atoms with Gasteiger partial charge in [-0.05, 0) is 53.6 Å². The molecule has 202 valence electrons. The number of benzene rings is 6. The van der Waals surface area contributed by atoms with E-state index < -0.39 is 0 Å². The molecule has 8 rings (SSSR count). The van der Waals surface area contributed by atoms with Crippen LogP contribution < -0.4 is 0 Å². The molecule has 0 aliphatic heterocycles. The lowest BCUT2D eigenvalue weighted by molar-refractivity contribution is 0.670. The standard InChI is InChI=1S/C39H19N3O2/c40-20-23-15-24(21-41)17-25(16-23)33-18-26(27-9-5-10-30-28-7-1-3-13-36(28)43-38(27)30)19-34(35(33)22-42)32-12-6-11-31-29-8-2-4-14-37(29)44-39(31)32/h1-19H. The highest BCUT2D eigenvalue weighted by molar-refractivity contribution is 6.12. The molecule has 5 heteroatoms. The maximum absolute atomic E-state index is 10.7. The zero-order valence-corrected chi connectivity index (χ0v) is 23.1. The van der Waals surface area contributed by atoms with Crippen LogP contribution in [0.1, 0.15) is 16.7 Å². The second kappa shape index (κ2) is 9.74. The maximum Gasteiger partial charge on any atom is 0.143 e. The summed E-state index contributed by atoms with van der Waals surface area (Å²) in [5, 5.41) is 34.1. The molecular weight excluding hydrogens is 542 g/mol. The zero-order valence-electron chi connectivity index (χ0n) is 23.1. The second-order valence-corrected chi connectivity index (χ2v) is 10.6. The fourth-order valence-corrected chi connectivity index (χ4v) is 6.20. The average Bonchev–Trinajstić information content (AvgIpc) is 3.66. The highest BCUT2D eigenvalue weighted by atomic mass is 16.3. The van der Waals surface area contributed by atoms with Gasteiger partial charge in [-0.3, -0.25) is 0 Å². The van der Waals surface area contributed by atoms with Crippen molar-refractivity contribution in [2.24, 2.45) is 0 Å². The molecule has 5 nitrogen and oxygen atoms in total. The average molecular weight is 562 g/mol. The number of hydrogen-bond acceptors (Lipinski definition) is 5. The highest BCUT2D eigenvalue weighted by Gasteiger charge is 2.21. The summed E-state index contributed by atoms with van der Waals surface area (Å²) in [5.41, 5.74) is 8.41. The van der Waals surface area contributed by atoms with Gasteiger partial charge in [-0.25, -0.2) is 0 Å². The summed E-state index contributed by atoms with van der Waals surface area (Å²) in [4.78, 5) is 0. The summed E-state index contributed by atoms with van der Waals surface area (Å²) < 4.78 is 12.8. The Kier molecular flexibility index (Phi) is 5.56. The van der Waals surface area contributed by atoms with Crippen molar-refractivity contribution in [2.45, 2.75) is 0 Å². The first-order chi connectivity index (χ1) is 21.7. The molecule has 8 aromatic rings. The van der Waals surface area contributed by atoms with Crippen molar-refractivity contribution in [3.63, 3.8) is 0 Å². The van der Waals surface area contributed by atoms with E-state index in [1.807, 2.05) is 97.1 Å². The molecule has 0 spiro atoms. The monoisotopic (exact) mass is 561 g/mol. The van der Waals surface area contributed by atoms with Crippen LogP contribution in [0, 0.1) is 34.0 Å². The van der Waals surface area contributed by atoms with E-state index >= 15 is 0 Å². The van der Waals surface area contributed by atoms with E-state index in [4.69, 9.17) is 8.83 Å². The van der Waals surface area contributed by atoms with E-state index in [0.29, 0.717) is 39.0 Å². The molecule has 0 bridgehead atoms. The Bertz CT molecular complexity index is 2570. The minimum absolute atomic E-state index is 0.341. The SMILES string of the molecule is N#Cc1cc(C#N)cc(-c2cc(-c3cccc4c3oc3ccccc34)cc(-c3cccc4c3oc3ccccc34)c2C#N)c1. The summed E-state index contributed by atoms with van der Waals surface area (Å²) in [7, 11) is 0. The molecular formula is C39H19N3O2. The molecule has 6 aromatic carbocycles. The minimum atomic E-state index is 0.341. The van der Waals surface area contributed by atoms with Gasteiger partial charge in [0.05, 0.1) is 28.8 Å². The first kappa shape index (κ1) is 25.1. The van der Waals surface area contributed by atoms with Crippen molar-refractivity contribution < 1.29 is 8.83 Å². The van der Waals surface area contributed by atoms with Crippen LogP contribution in [0.2, 0.25) is 0 Å². The van der Waals surface area contributed by atoms with E-state index in [-0.39, 0.29) is 0 Å². The van der Waals surface area contributed by atoms with Crippen molar-refractivity contribution in [3.8, 4) is 51.6 Å². The van der Waals surface area contributed by atoms with Crippen molar-refractivity contribution >= 4 is 43.9 Å². The number of hydrogen-bond donors (Lipinski definition) is 0. The summed E-state index contributed by atoms with van der Waals surface area (Å²) in [5.74, 6) is 0. The number of nitriles is 3. The molecule has 0 aliphatic rings. The van der Waals surface area contributed by atoms with E-state index in [1.165, 1.54) is 0 Å². The molecule has 0 saturated carbocycles. The molecule has 0 atom stereocenters. The molecule has 0 aliphatic carbocycles. The predicted molar refractivity (Wildman–Crippen MR) is 171 cm³/mol. The van der Waals surface area contributed by atoms with Crippen molar-refractivity contribution in [2.75, 3.05) is 0 Å². The number of para-hydroxylation sites is 4. The van der Waals surface area contributed by atoms with Crippen LogP contribution >= 0.6 is 0 Å². The lowest BCUT2D eigenvalue weighted by Crippen LogP contribution is -1.94. The van der Waals surface area contributed by atoms with Crippen LogP contribution in [0.4, 0.5) is 0 Å². The lowest BCUT2D eigenvalue weighted by Gasteiger charge is -2.15. The second-order valence-electron chi connectivity index (χ2n) is 10.6. The lowest BCUT2D eigenvalue weighted by atomic mass is 9.87. The Hall–Kier alpha value is -6.61. The summed E-state index contributed by atoms with van der Waals surface area (Å²) in [6, 6.07) is 43.5. The van der Waals surface area contributed by atoms with Gasteiger partial charge in [-0.1, -0.05) is 72.8 Å². The van der Waals surface area contributed by atoms with Crippen LogP contribution in [0.25, 0.3) is 77.3 Å². The topological polar surface area (TPSA) is 97.7 Å². The fraction of sp³-hybridized carbons (Fsp3) is 0. The largest absolute Gasteiger partial charge is 0.455 e. The van der Waals surface area contributed by atoms with Gasteiger partial charge in [0.25, 0.3) is 0 Å². The van der Waals surface area contributed by atoms with E-state index in [2.05, 4.69) is 18.2 Å². The Balaban J connectivity index is 1.50. The third kappa shape index (κ3) is 3.77. The van der Waals surface area contributed by atoms with Gasteiger partial charge in [-0.15, -0.1) is 0 Å². The van der Waals surface area contributed by atoms with Gasteiger partial charge in [0.1, 0.15) is 28.4 Å². The number of rotatable bonds is 3. The maximum atomic E-state index is 10.7. The molecule has 0 unspecified atom stereocenters. The molecule has 0 fully saturated rings. The van der Waals surface area contributed by atoms with E-state index in [0.717, 1.165) is 55.0 Å².